The molecule has 0 amide bonds. The van der Waals surface area contributed by atoms with E-state index in [0.717, 1.165) is 3.57 Å². The second-order valence-electron chi connectivity index (χ2n) is 3.29. The van der Waals surface area contributed by atoms with Crippen molar-refractivity contribution in [2.75, 3.05) is 0 Å². The van der Waals surface area contributed by atoms with Crippen LogP contribution < -0.4 is 0 Å². The van der Waals surface area contributed by atoms with Gasteiger partial charge in [0, 0.05) is 9.13 Å². The first kappa shape index (κ1) is 11.3. The Kier molecular flexibility index (Phi) is 3.33. The van der Waals surface area contributed by atoms with E-state index in [-0.39, 0.29) is 11.3 Å². The second kappa shape index (κ2) is 4.74. The highest BCUT2D eigenvalue weighted by Crippen LogP contribution is 2.18. The maximum absolute atomic E-state index is 13.4. The van der Waals surface area contributed by atoms with Crippen LogP contribution in [0.15, 0.2) is 48.5 Å². The zero-order chi connectivity index (χ0) is 11.5. The number of hydrogen-bond donors (Lipinski definition) is 0. The van der Waals surface area contributed by atoms with E-state index in [2.05, 4.69) is 22.6 Å². The molecule has 0 fully saturated rings. The van der Waals surface area contributed by atoms with Crippen molar-refractivity contribution >= 4 is 28.4 Å². The SMILES string of the molecule is O=C(c1ccccc1F)c1ccccc1I. The third kappa shape index (κ3) is 2.14. The molecule has 3 heteroatoms. The van der Waals surface area contributed by atoms with Gasteiger partial charge in [0.15, 0.2) is 5.78 Å². The molecule has 0 unspecified atom stereocenters. The van der Waals surface area contributed by atoms with Crippen LogP contribution >= 0.6 is 22.6 Å². The summed E-state index contributed by atoms with van der Waals surface area (Å²) in [4.78, 5) is 12.0. The molecule has 0 N–H and O–H groups in total. The molecular formula is C13H8FIO. The minimum Gasteiger partial charge on any atom is -0.288 e. The number of carbonyl (C=O) groups excluding carboxylic acids is 1. The van der Waals surface area contributed by atoms with Gasteiger partial charge < -0.3 is 0 Å². The average molecular weight is 326 g/mol. The predicted octanol–water partition coefficient (Wildman–Crippen LogP) is 3.66. The van der Waals surface area contributed by atoms with E-state index in [0.29, 0.717) is 5.56 Å². The molecular weight excluding hydrogens is 318 g/mol. The summed E-state index contributed by atoms with van der Waals surface area (Å²) in [6.07, 6.45) is 0. The maximum atomic E-state index is 13.4. The van der Waals surface area contributed by atoms with Crippen molar-refractivity contribution < 1.29 is 9.18 Å². The Morgan fingerprint density at radius 1 is 0.938 bits per heavy atom. The number of halogens is 2. The van der Waals surface area contributed by atoms with Crippen molar-refractivity contribution in [2.45, 2.75) is 0 Å². The zero-order valence-electron chi connectivity index (χ0n) is 8.28. The molecule has 0 heterocycles. The summed E-state index contributed by atoms with van der Waals surface area (Å²) in [6, 6.07) is 13.2. The van der Waals surface area contributed by atoms with Gasteiger partial charge in [-0.2, -0.15) is 0 Å². The molecule has 0 aromatic heterocycles. The summed E-state index contributed by atoms with van der Waals surface area (Å²) in [6.45, 7) is 0. The van der Waals surface area contributed by atoms with Gasteiger partial charge in [-0.3, -0.25) is 4.79 Å². The largest absolute Gasteiger partial charge is 0.288 e. The fourth-order valence-corrected chi connectivity index (χ4v) is 2.07. The van der Waals surface area contributed by atoms with Crippen LogP contribution in [0, 0.1) is 9.39 Å². The van der Waals surface area contributed by atoms with E-state index < -0.39 is 5.82 Å². The third-order valence-electron chi connectivity index (χ3n) is 2.24. The summed E-state index contributed by atoms with van der Waals surface area (Å²) in [5.41, 5.74) is 0.653. The Labute approximate surface area is 106 Å². The molecule has 16 heavy (non-hydrogen) atoms. The number of benzene rings is 2. The van der Waals surface area contributed by atoms with Gasteiger partial charge in [0.05, 0.1) is 5.56 Å². The van der Waals surface area contributed by atoms with Crippen molar-refractivity contribution in [1.29, 1.82) is 0 Å². The minimum absolute atomic E-state index is 0.117. The van der Waals surface area contributed by atoms with Crippen LogP contribution in [0.25, 0.3) is 0 Å². The predicted molar refractivity (Wildman–Crippen MR) is 69.0 cm³/mol. The van der Waals surface area contributed by atoms with E-state index in [1.165, 1.54) is 12.1 Å². The topological polar surface area (TPSA) is 17.1 Å². The lowest BCUT2D eigenvalue weighted by Gasteiger charge is -2.04. The maximum Gasteiger partial charge on any atom is 0.197 e. The first-order chi connectivity index (χ1) is 7.70. The lowest BCUT2D eigenvalue weighted by Crippen LogP contribution is -2.05. The molecule has 0 aliphatic heterocycles. The van der Waals surface area contributed by atoms with Crippen molar-refractivity contribution in [1.82, 2.24) is 0 Å². The van der Waals surface area contributed by atoms with Gasteiger partial charge in [0.1, 0.15) is 5.82 Å². The summed E-state index contributed by atoms with van der Waals surface area (Å²) >= 11 is 2.07. The van der Waals surface area contributed by atoms with Gasteiger partial charge in [-0.15, -0.1) is 0 Å². The van der Waals surface area contributed by atoms with Gasteiger partial charge >= 0.3 is 0 Å². The summed E-state index contributed by atoms with van der Waals surface area (Å²) in [5.74, 6) is -0.754. The lowest BCUT2D eigenvalue weighted by atomic mass is 10.0. The Balaban J connectivity index is 2.48. The molecule has 0 aliphatic rings. The Bertz CT molecular complexity index is 489. The first-order valence-corrected chi connectivity index (χ1v) is 5.82. The smallest absolute Gasteiger partial charge is 0.197 e. The van der Waals surface area contributed by atoms with Gasteiger partial charge in [-0.05, 0) is 46.9 Å². The van der Waals surface area contributed by atoms with Gasteiger partial charge in [0.2, 0.25) is 0 Å². The lowest BCUT2D eigenvalue weighted by molar-refractivity contribution is 0.103. The fraction of sp³-hybridized carbons (Fsp3) is 0. The summed E-state index contributed by atoms with van der Waals surface area (Å²) in [5, 5.41) is 0. The van der Waals surface area contributed by atoms with E-state index in [1.807, 2.05) is 12.1 Å². The molecule has 0 spiro atoms. The van der Waals surface area contributed by atoms with Crippen molar-refractivity contribution in [2.24, 2.45) is 0 Å². The Hall–Kier alpha value is -1.23. The van der Waals surface area contributed by atoms with Gasteiger partial charge in [-0.25, -0.2) is 4.39 Å². The Morgan fingerprint density at radius 2 is 1.50 bits per heavy atom. The Morgan fingerprint density at radius 3 is 2.12 bits per heavy atom. The molecule has 0 saturated heterocycles. The fourth-order valence-electron chi connectivity index (χ4n) is 1.44. The van der Waals surface area contributed by atoms with E-state index in [4.69, 9.17) is 0 Å². The third-order valence-corrected chi connectivity index (χ3v) is 3.18. The van der Waals surface area contributed by atoms with Crippen molar-refractivity contribution in [3.63, 3.8) is 0 Å². The molecule has 0 atom stereocenters. The molecule has 2 aromatic rings. The number of ketones is 1. The minimum atomic E-state index is -0.479. The number of rotatable bonds is 2. The molecule has 2 rings (SSSR count). The summed E-state index contributed by atoms with van der Waals surface area (Å²) < 4.78 is 14.3. The molecule has 0 bridgehead atoms. The van der Waals surface area contributed by atoms with Crippen molar-refractivity contribution in [3.8, 4) is 0 Å². The standard InChI is InChI=1S/C13H8FIO/c14-11-7-3-1-5-9(11)13(16)10-6-2-4-8-12(10)15/h1-8H. The monoisotopic (exact) mass is 326 g/mol. The highest BCUT2D eigenvalue weighted by Gasteiger charge is 2.15. The van der Waals surface area contributed by atoms with Crippen LogP contribution in [-0.2, 0) is 0 Å². The highest BCUT2D eigenvalue weighted by molar-refractivity contribution is 14.1. The molecule has 0 aliphatic carbocycles. The van der Waals surface area contributed by atoms with Crippen LogP contribution in [0.4, 0.5) is 4.39 Å². The molecule has 2 aromatic carbocycles. The summed E-state index contributed by atoms with van der Waals surface area (Å²) in [7, 11) is 0. The van der Waals surface area contributed by atoms with E-state index in [1.54, 1.807) is 24.3 Å². The first-order valence-electron chi connectivity index (χ1n) is 4.74. The van der Waals surface area contributed by atoms with Crippen LogP contribution in [0.2, 0.25) is 0 Å². The van der Waals surface area contributed by atoms with Crippen LogP contribution in [0.1, 0.15) is 15.9 Å². The van der Waals surface area contributed by atoms with Crippen molar-refractivity contribution in [3.05, 3.63) is 69.0 Å². The van der Waals surface area contributed by atoms with Gasteiger partial charge in [0.25, 0.3) is 0 Å². The average Bonchev–Trinajstić information content (AvgIpc) is 2.29. The quantitative estimate of drug-likeness (QED) is 0.608. The normalized spacial score (nSPS) is 10.1. The number of carbonyl (C=O) groups is 1. The van der Waals surface area contributed by atoms with E-state index in [9.17, 15) is 9.18 Å². The zero-order valence-corrected chi connectivity index (χ0v) is 10.4. The van der Waals surface area contributed by atoms with E-state index >= 15 is 0 Å². The number of hydrogen-bond acceptors (Lipinski definition) is 1. The van der Waals surface area contributed by atoms with Crippen LogP contribution in [-0.4, -0.2) is 5.78 Å². The molecule has 0 radical (unpaired) electrons. The second-order valence-corrected chi connectivity index (χ2v) is 4.45. The molecule has 0 saturated carbocycles. The van der Waals surface area contributed by atoms with Gasteiger partial charge in [-0.1, -0.05) is 24.3 Å². The molecule has 1 nitrogen and oxygen atoms in total. The van der Waals surface area contributed by atoms with Crippen LogP contribution in [0.3, 0.4) is 0 Å². The molecule has 80 valence electrons. The van der Waals surface area contributed by atoms with Crippen LogP contribution in [0.5, 0.6) is 0 Å². The highest BCUT2D eigenvalue weighted by atomic mass is 127.